The summed E-state index contributed by atoms with van der Waals surface area (Å²) < 4.78 is 0. The number of allylic oxidation sites excluding steroid dienone is 4. The molecule has 0 fully saturated rings. The SMILES string of the molecule is C1=CCC2C=c3cc4cc5cc6cc7cc8cc9cc%10cc%11cc%12ccccc%12cc%11cc%10cc9cc8cc7cc6cc5cc4cc3=CC2=C1. The average molecular weight is 631 g/mol. The van der Waals surface area contributed by atoms with Gasteiger partial charge in [-0.3, -0.25) is 0 Å². The lowest BCUT2D eigenvalue weighted by molar-refractivity contribution is 0.830. The minimum atomic E-state index is 0.498. The molecule has 0 aliphatic heterocycles. The molecule has 0 saturated heterocycles. The third-order valence-corrected chi connectivity index (χ3v) is 11.5. The molecule has 10 aromatic carbocycles. The fourth-order valence-corrected chi connectivity index (χ4v) is 8.94. The van der Waals surface area contributed by atoms with E-state index in [2.05, 4.69) is 164 Å². The number of rotatable bonds is 0. The molecule has 0 aromatic heterocycles. The van der Waals surface area contributed by atoms with Crippen LogP contribution in [0.15, 0.2) is 157 Å². The van der Waals surface area contributed by atoms with Gasteiger partial charge in [0.15, 0.2) is 0 Å². The standard InChI is InChI=1S/C50H30/c1-2-6-30-10-34-14-38-18-42-22-46-26-50-28-48-24-44-20-40-16-36-12-32-8-4-3-7-31(32)11-35(36)15-39(40)19-43(44)23-47(48)27-49(50)25-45(46)21-41(42)17-37(38)13-33(34)9-29(30)5-1/h1-7,9-28,32H,8H2. The lowest BCUT2D eigenvalue weighted by Crippen LogP contribution is -2.30. The van der Waals surface area contributed by atoms with Gasteiger partial charge in [0.1, 0.15) is 0 Å². The van der Waals surface area contributed by atoms with E-state index in [1.54, 1.807) is 0 Å². The van der Waals surface area contributed by atoms with Crippen molar-refractivity contribution < 1.29 is 0 Å². The Balaban J connectivity index is 1.01. The molecule has 0 bridgehead atoms. The average Bonchev–Trinajstić information content (AvgIpc) is 3.13. The molecular weight excluding hydrogens is 601 g/mol. The van der Waals surface area contributed by atoms with E-state index < -0.39 is 0 Å². The molecule has 10 aromatic rings. The van der Waals surface area contributed by atoms with Crippen molar-refractivity contribution in [2.24, 2.45) is 5.92 Å². The van der Waals surface area contributed by atoms with E-state index in [1.807, 2.05) is 0 Å². The van der Waals surface area contributed by atoms with E-state index in [-0.39, 0.29) is 0 Å². The number of fused-ring (bicyclic) bond motifs is 11. The second kappa shape index (κ2) is 9.68. The Hall–Kier alpha value is -6.24. The van der Waals surface area contributed by atoms with E-state index in [4.69, 9.17) is 0 Å². The van der Waals surface area contributed by atoms with Gasteiger partial charge in [-0.2, -0.15) is 0 Å². The summed E-state index contributed by atoms with van der Waals surface area (Å²) >= 11 is 0. The molecule has 12 rings (SSSR count). The van der Waals surface area contributed by atoms with E-state index in [9.17, 15) is 0 Å². The van der Waals surface area contributed by atoms with Crippen LogP contribution in [0, 0.1) is 5.92 Å². The van der Waals surface area contributed by atoms with Crippen molar-refractivity contribution >= 4 is 109 Å². The van der Waals surface area contributed by atoms with Gasteiger partial charge in [-0.1, -0.05) is 54.6 Å². The Morgan fingerprint density at radius 1 is 0.340 bits per heavy atom. The molecule has 0 amide bonds. The summed E-state index contributed by atoms with van der Waals surface area (Å²) in [6.45, 7) is 0. The van der Waals surface area contributed by atoms with E-state index in [0.717, 1.165) is 6.42 Å². The van der Waals surface area contributed by atoms with Crippen LogP contribution >= 0.6 is 0 Å². The van der Waals surface area contributed by atoms with Crippen LogP contribution in [-0.4, -0.2) is 0 Å². The molecule has 0 nitrogen and oxygen atoms in total. The monoisotopic (exact) mass is 630 g/mol. The van der Waals surface area contributed by atoms with Crippen LogP contribution in [0.25, 0.3) is 109 Å². The summed E-state index contributed by atoms with van der Waals surface area (Å²) in [6, 6.07) is 51.3. The first-order chi connectivity index (χ1) is 24.6. The minimum absolute atomic E-state index is 0.498. The molecule has 2 aliphatic carbocycles. The number of hydrogen-bond donors (Lipinski definition) is 0. The number of benzene rings is 10. The maximum absolute atomic E-state index is 2.46. The van der Waals surface area contributed by atoms with Gasteiger partial charge in [0, 0.05) is 5.92 Å². The van der Waals surface area contributed by atoms with Crippen LogP contribution in [0.3, 0.4) is 0 Å². The normalized spacial score (nSPS) is 15.7. The highest BCUT2D eigenvalue weighted by molar-refractivity contribution is 6.14. The van der Waals surface area contributed by atoms with Crippen molar-refractivity contribution in [3.63, 3.8) is 0 Å². The smallest absolute Gasteiger partial charge is 0.00620 e. The van der Waals surface area contributed by atoms with Gasteiger partial charge in [0.25, 0.3) is 0 Å². The van der Waals surface area contributed by atoms with Gasteiger partial charge < -0.3 is 0 Å². The van der Waals surface area contributed by atoms with Gasteiger partial charge >= 0.3 is 0 Å². The van der Waals surface area contributed by atoms with Crippen LogP contribution in [0.5, 0.6) is 0 Å². The Morgan fingerprint density at radius 2 is 0.660 bits per heavy atom. The van der Waals surface area contributed by atoms with E-state index >= 15 is 0 Å². The van der Waals surface area contributed by atoms with Gasteiger partial charge in [0.05, 0.1) is 0 Å². The first-order valence-electron chi connectivity index (χ1n) is 17.7. The second-order valence-electron chi connectivity index (χ2n) is 14.7. The largest absolute Gasteiger partial charge is 0.0836 e. The Bertz CT molecular complexity index is 3390. The van der Waals surface area contributed by atoms with Crippen molar-refractivity contribution in [1.82, 2.24) is 0 Å². The summed E-state index contributed by atoms with van der Waals surface area (Å²) in [5.41, 5.74) is 1.43. The summed E-state index contributed by atoms with van der Waals surface area (Å²) in [4.78, 5) is 0. The van der Waals surface area contributed by atoms with Gasteiger partial charge in [-0.25, -0.2) is 0 Å². The fraction of sp³-hybridized carbons (Fsp3) is 0.0400. The highest BCUT2D eigenvalue weighted by atomic mass is 14.2. The Labute approximate surface area is 288 Å². The van der Waals surface area contributed by atoms with E-state index in [1.165, 1.54) is 113 Å². The molecule has 0 radical (unpaired) electrons. The zero-order valence-electron chi connectivity index (χ0n) is 27.4. The highest BCUT2D eigenvalue weighted by Gasteiger charge is 2.14. The Morgan fingerprint density at radius 3 is 1.04 bits per heavy atom. The van der Waals surface area contributed by atoms with Crippen molar-refractivity contribution in [3.05, 3.63) is 168 Å². The summed E-state index contributed by atoms with van der Waals surface area (Å²) in [5, 5.41) is 25.9. The molecule has 1 atom stereocenters. The molecule has 0 N–H and O–H groups in total. The zero-order valence-corrected chi connectivity index (χ0v) is 27.4. The molecular formula is C50H30. The third-order valence-electron chi connectivity index (χ3n) is 11.5. The molecule has 50 heavy (non-hydrogen) atoms. The van der Waals surface area contributed by atoms with E-state index in [0.29, 0.717) is 5.92 Å². The lowest BCUT2D eigenvalue weighted by atomic mass is 9.86. The molecule has 230 valence electrons. The van der Waals surface area contributed by atoms with Crippen molar-refractivity contribution in [3.8, 4) is 0 Å². The summed E-state index contributed by atoms with van der Waals surface area (Å²) in [6.07, 6.45) is 12.7. The first kappa shape index (κ1) is 26.7. The fourth-order valence-electron chi connectivity index (χ4n) is 8.94. The van der Waals surface area contributed by atoms with Crippen LogP contribution in [-0.2, 0) is 0 Å². The van der Waals surface area contributed by atoms with Gasteiger partial charge in [-0.15, -0.1) is 0 Å². The maximum Gasteiger partial charge on any atom is 0.00620 e. The van der Waals surface area contributed by atoms with Crippen LogP contribution in [0.1, 0.15) is 6.42 Å². The number of hydrogen-bond acceptors (Lipinski definition) is 0. The maximum atomic E-state index is 2.46. The highest BCUT2D eigenvalue weighted by Crippen LogP contribution is 2.36. The predicted molar refractivity (Wildman–Crippen MR) is 218 cm³/mol. The quantitative estimate of drug-likeness (QED) is 0.146. The van der Waals surface area contributed by atoms with Crippen molar-refractivity contribution in [2.45, 2.75) is 6.42 Å². The second-order valence-corrected chi connectivity index (χ2v) is 14.7. The molecule has 0 heteroatoms. The van der Waals surface area contributed by atoms with Crippen LogP contribution < -0.4 is 10.4 Å². The lowest BCUT2D eigenvalue weighted by Gasteiger charge is -2.19. The van der Waals surface area contributed by atoms with Crippen molar-refractivity contribution in [1.29, 1.82) is 0 Å². The third kappa shape index (κ3) is 4.00. The van der Waals surface area contributed by atoms with Crippen LogP contribution in [0.4, 0.5) is 0 Å². The molecule has 0 spiro atoms. The molecule has 0 heterocycles. The summed E-state index contributed by atoms with van der Waals surface area (Å²) in [7, 11) is 0. The molecule has 1 unspecified atom stereocenters. The summed E-state index contributed by atoms with van der Waals surface area (Å²) in [5.74, 6) is 0.498. The van der Waals surface area contributed by atoms with Crippen molar-refractivity contribution in [2.75, 3.05) is 0 Å². The predicted octanol–water partition coefficient (Wildman–Crippen LogP) is 12.1. The minimum Gasteiger partial charge on any atom is -0.0836 e. The molecule has 2 aliphatic rings. The van der Waals surface area contributed by atoms with Gasteiger partial charge in [-0.05, 0) is 229 Å². The molecule has 0 saturated carbocycles. The topological polar surface area (TPSA) is 0 Å². The zero-order chi connectivity index (χ0) is 32.5. The van der Waals surface area contributed by atoms with Crippen LogP contribution in [0.2, 0.25) is 0 Å². The van der Waals surface area contributed by atoms with Gasteiger partial charge in [0.2, 0.25) is 0 Å². The Kier molecular flexibility index (Phi) is 5.17. The first-order valence-corrected chi connectivity index (χ1v) is 17.7.